The second-order valence-corrected chi connectivity index (χ2v) is 7.96. The van der Waals surface area contributed by atoms with Gasteiger partial charge in [0.25, 0.3) is 0 Å². The summed E-state index contributed by atoms with van der Waals surface area (Å²) in [6.45, 7) is 2.52. The van der Waals surface area contributed by atoms with Gasteiger partial charge in [-0.25, -0.2) is 0 Å². The van der Waals surface area contributed by atoms with E-state index in [-0.39, 0.29) is 11.3 Å². The quantitative estimate of drug-likeness (QED) is 0.886. The van der Waals surface area contributed by atoms with Crippen molar-refractivity contribution in [3.05, 3.63) is 20.8 Å². The fourth-order valence-corrected chi connectivity index (χ4v) is 4.70. The molecule has 0 radical (unpaired) electrons. The van der Waals surface area contributed by atoms with Crippen LogP contribution >= 0.6 is 27.3 Å². The van der Waals surface area contributed by atoms with Gasteiger partial charge >= 0.3 is 0 Å². The number of fused-ring (bicyclic) bond motifs is 1. The first-order valence-electron chi connectivity index (χ1n) is 6.93. The van der Waals surface area contributed by atoms with Crippen molar-refractivity contribution in [2.45, 2.75) is 32.2 Å². The Kier molecular flexibility index (Phi) is 3.96. The Morgan fingerprint density at radius 2 is 2.47 bits per heavy atom. The molecule has 1 aromatic heterocycles. The first-order valence-corrected chi connectivity index (χ1v) is 8.60. The summed E-state index contributed by atoms with van der Waals surface area (Å²) in [5.74, 6) is 0.792. The van der Waals surface area contributed by atoms with E-state index >= 15 is 0 Å². The second-order valence-electron chi connectivity index (χ2n) is 5.67. The van der Waals surface area contributed by atoms with Gasteiger partial charge in [-0.3, -0.25) is 4.79 Å². The van der Waals surface area contributed by atoms with Gasteiger partial charge in [-0.05, 0) is 58.2 Å². The van der Waals surface area contributed by atoms with Crippen LogP contribution in [0.3, 0.4) is 0 Å². The number of rotatable bonds is 3. The Morgan fingerprint density at radius 3 is 3.26 bits per heavy atom. The average molecular weight is 343 g/mol. The van der Waals surface area contributed by atoms with Crippen molar-refractivity contribution in [1.29, 1.82) is 0 Å². The van der Waals surface area contributed by atoms with Crippen LogP contribution in [-0.4, -0.2) is 19.0 Å². The summed E-state index contributed by atoms with van der Waals surface area (Å²) in [5, 5.41) is 8.66. The third-order valence-electron chi connectivity index (χ3n) is 4.57. The highest BCUT2D eigenvalue weighted by Crippen LogP contribution is 2.43. The van der Waals surface area contributed by atoms with Gasteiger partial charge in [0.15, 0.2) is 0 Å². The molecule has 1 saturated carbocycles. The smallest absolute Gasteiger partial charge is 0.228 e. The molecule has 0 unspecified atom stereocenters. The zero-order valence-electron chi connectivity index (χ0n) is 10.9. The number of carbonyl (C=O) groups excluding carboxylic acids is 1. The van der Waals surface area contributed by atoms with Gasteiger partial charge in [0.2, 0.25) is 5.91 Å². The minimum absolute atomic E-state index is 0.133. The van der Waals surface area contributed by atoms with Gasteiger partial charge in [-0.1, -0.05) is 12.8 Å². The van der Waals surface area contributed by atoms with E-state index in [0.717, 1.165) is 23.3 Å². The maximum Gasteiger partial charge on any atom is 0.228 e. The Bertz CT molecular complexity index is 476. The van der Waals surface area contributed by atoms with Crippen LogP contribution in [0.1, 0.15) is 31.2 Å². The van der Waals surface area contributed by atoms with Crippen LogP contribution in [0.5, 0.6) is 0 Å². The minimum Gasteiger partial charge on any atom is -0.351 e. The Morgan fingerprint density at radius 1 is 1.58 bits per heavy atom. The molecule has 0 bridgehead atoms. The molecular weight excluding hydrogens is 324 g/mol. The molecule has 1 amide bonds. The van der Waals surface area contributed by atoms with E-state index in [1.165, 1.54) is 24.8 Å². The van der Waals surface area contributed by atoms with Crippen LogP contribution in [0.4, 0.5) is 0 Å². The van der Waals surface area contributed by atoms with E-state index < -0.39 is 0 Å². The molecule has 0 spiro atoms. The highest BCUT2D eigenvalue weighted by molar-refractivity contribution is 9.11. The lowest BCUT2D eigenvalue weighted by atomic mass is 9.67. The van der Waals surface area contributed by atoms with Crippen molar-refractivity contribution in [2.24, 2.45) is 11.3 Å². The third-order valence-corrected chi connectivity index (χ3v) is 6.12. The molecule has 3 rings (SSSR count). The van der Waals surface area contributed by atoms with Gasteiger partial charge in [-0.15, -0.1) is 11.3 Å². The van der Waals surface area contributed by atoms with Crippen LogP contribution < -0.4 is 10.6 Å². The molecule has 1 aliphatic carbocycles. The number of hydrogen-bond acceptors (Lipinski definition) is 3. The third kappa shape index (κ3) is 2.60. The van der Waals surface area contributed by atoms with Crippen LogP contribution in [0.15, 0.2) is 15.2 Å². The number of hydrogen-bond donors (Lipinski definition) is 2. The number of carbonyl (C=O) groups is 1. The van der Waals surface area contributed by atoms with E-state index in [1.807, 2.05) is 0 Å². The molecule has 5 heteroatoms. The summed E-state index contributed by atoms with van der Waals surface area (Å²) in [7, 11) is 0. The summed E-state index contributed by atoms with van der Waals surface area (Å²) >= 11 is 5.12. The van der Waals surface area contributed by atoms with Crippen LogP contribution in [0.25, 0.3) is 0 Å². The molecule has 2 N–H and O–H groups in total. The average Bonchev–Trinajstić information content (AvgIpc) is 3.02. The lowest BCUT2D eigenvalue weighted by Crippen LogP contribution is -2.47. The number of thiophene rings is 1. The van der Waals surface area contributed by atoms with E-state index in [1.54, 1.807) is 11.3 Å². The monoisotopic (exact) mass is 342 g/mol. The molecule has 0 aromatic carbocycles. The first kappa shape index (κ1) is 13.6. The van der Waals surface area contributed by atoms with E-state index in [9.17, 15) is 4.79 Å². The first-order chi connectivity index (χ1) is 9.21. The predicted octanol–water partition coefficient (Wildman–Crippen LogP) is 2.91. The minimum atomic E-state index is -0.133. The predicted molar refractivity (Wildman–Crippen MR) is 81.1 cm³/mol. The van der Waals surface area contributed by atoms with Crippen molar-refractivity contribution < 1.29 is 4.79 Å². The lowest BCUT2D eigenvalue weighted by Gasteiger charge is -2.37. The molecule has 104 valence electrons. The fraction of sp³-hybridized carbons (Fsp3) is 0.643. The van der Waals surface area contributed by atoms with Gasteiger partial charge < -0.3 is 10.6 Å². The molecule has 2 heterocycles. The Balaban J connectivity index is 1.65. The molecule has 1 aromatic rings. The molecule has 2 fully saturated rings. The maximum absolute atomic E-state index is 12.6. The summed E-state index contributed by atoms with van der Waals surface area (Å²) in [5.41, 5.74) is 1.05. The van der Waals surface area contributed by atoms with Crippen molar-refractivity contribution in [2.75, 3.05) is 13.1 Å². The largest absolute Gasteiger partial charge is 0.351 e. The van der Waals surface area contributed by atoms with E-state index in [0.29, 0.717) is 12.5 Å². The van der Waals surface area contributed by atoms with Crippen molar-refractivity contribution in [3.63, 3.8) is 0 Å². The van der Waals surface area contributed by atoms with E-state index in [2.05, 4.69) is 38.0 Å². The molecule has 3 nitrogen and oxygen atoms in total. The normalized spacial score (nSPS) is 30.1. The Labute approximate surface area is 126 Å². The zero-order chi connectivity index (χ0) is 13.3. The van der Waals surface area contributed by atoms with Crippen molar-refractivity contribution in [1.82, 2.24) is 10.6 Å². The number of nitrogens with one attached hydrogen (secondary N) is 2. The number of amides is 1. The van der Waals surface area contributed by atoms with Crippen LogP contribution in [0.2, 0.25) is 0 Å². The maximum atomic E-state index is 12.6. The highest BCUT2D eigenvalue weighted by Gasteiger charge is 2.49. The molecule has 2 aliphatic rings. The van der Waals surface area contributed by atoms with Gasteiger partial charge in [0.05, 0.1) is 9.20 Å². The van der Waals surface area contributed by atoms with Gasteiger partial charge in [0.1, 0.15) is 0 Å². The fourth-order valence-electron chi connectivity index (χ4n) is 3.49. The standard InChI is InChI=1S/C14H19BrN2OS/c15-12-5-10(8-19-12)6-17-13(18)14-4-2-1-3-11(14)7-16-9-14/h5,8,11,16H,1-4,6-7,9H2,(H,17,18)/t11-,14+/m0/s1. The number of halogens is 1. The molecule has 1 aliphatic heterocycles. The SMILES string of the molecule is O=C(NCc1csc(Br)c1)[C@@]12CCCC[C@H]1CNC2. The highest BCUT2D eigenvalue weighted by atomic mass is 79.9. The van der Waals surface area contributed by atoms with Crippen molar-refractivity contribution in [3.8, 4) is 0 Å². The summed E-state index contributed by atoms with van der Waals surface area (Å²) in [4.78, 5) is 12.6. The summed E-state index contributed by atoms with van der Waals surface area (Å²) in [6.07, 6.45) is 4.71. The molecule has 19 heavy (non-hydrogen) atoms. The van der Waals surface area contributed by atoms with Crippen LogP contribution in [0, 0.1) is 11.3 Å². The molecule has 1 saturated heterocycles. The lowest BCUT2D eigenvalue weighted by molar-refractivity contribution is -0.134. The molecular formula is C14H19BrN2OS. The van der Waals surface area contributed by atoms with E-state index in [4.69, 9.17) is 0 Å². The van der Waals surface area contributed by atoms with Crippen molar-refractivity contribution >= 4 is 33.2 Å². The molecule has 2 atom stereocenters. The second kappa shape index (κ2) is 5.54. The van der Waals surface area contributed by atoms with Gasteiger partial charge in [0, 0.05) is 13.1 Å². The summed E-state index contributed by atoms with van der Waals surface area (Å²) < 4.78 is 1.12. The Hall–Kier alpha value is -0.390. The summed E-state index contributed by atoms with van der Waals surface area (Å²) in [6, 6.07) is 2.08. The van der Waals surface area contributed by atoms with Crippen LogP contribution in [-0.2, 0) is 11.3 Å². The van der Waals surface area contributed by atoms with Gasteiger partial charge in [-0.2, -0.15) is 0 Å². The zero-order valence-corrected chi connectivity index (χ0v) is 13.3. The topological polar surface area (TPSA) is 41.1 Å².